The van der Waals surface area contributed by atoms with E-state index >= 15 is 0 Å². The molecule has 0 unspecified atom stereocenters. The van der Waals surface area contributed by atoms with Gasteiger partial charge in [-0.3, -0.25) is 4.99 Å². The molecule has 22 heavy (non-hydrogen) atoms. The molecule has 0 radical (unpaired) electrons. The van der Waals surface area contributed by atoms with Crippen molar-refractivity contribution in [3.8, 4) is 17.2 Å². The van der Waals surface area contributed by atoms with E-state index in [4.69, 9.17) is 14.2 Å². The minimum atomic E-state index is 0. The Balaban J connectivity index is 0.00000441. The Bertz CT molecular complexity index is 493. The Kier molecular flexibility index (Phi) is 9.71. The summed E-state index contributed by atoms with van der Waals surface area (Å²) in [6.07, 6.45) is 0. The zero-order valence-electron chi connectivity index (χ0n) is 14.0. The van der Waals surface area contributed by atoms with Crippen LogP contribution in [-0.4, -0.2) is 40.4 Å². The van der Waals surface area contributed by atoms with Crippen LogP contribution in [0.4, 0.5) is 0 Å². The highest BCUT2D eigenvalue weighted by Crippen LogP contribution is 2.34. The third-order valence-electron chi connectivity index (χ3n) is 2.88. The molecule has 6 nitrogen and oxygen atoms in total. The molecule has 0 atom stereocenters. The van der Waals surface area contributed by atoms with Gasteiger partial charge < -0.3 is 24.8 Å². The summed E-state index contributed by atoms with van der Waals surface area (Å²) in [6, 6.07) is 4.02. The fraction of sp³-hybridized carbons (Fsp3) is 0.533. The van der Waals surface area contributed by atoms with Gasteiger partial charge in [-0.15, -0.1) is 24.0 Å². The molecule has 126 valence electrons. The van der Waals surface area contributed by atoms with Crippen LogP contribution in [0.2, 0.25) is 0 Å². The molecule has 0 bridgehead atoms. The van der Waals surface area contributed by atoms with Gasteiger partial charge in [0, 0.05) is 31.3 Å². The Morgan fingerprint density at radius 2 is 1.59 bits per heavy atom. The predicted octanol–water partition coefficient (Wildman–Crippen LogP) is 2.40. The normalized spacial score (nSPS) is 10.8. The van der Waals surface area contributed by atoms with E-state index in [2.05, 4.69) is 29.5 Å². The second kappa shape index (κ2) is 10.4. The van der Waals surface area contributed by atoms with Crippen LogP contribution in [0.3, 0.4) is 0 Å². The molecule has 1 aromatic carbocycles. The zero-order valence-corrected chi connectivity index (χ0v) is 16.3. The minimum Gasteiger partial charge on any atom is -0.496 e. The van der Waals surface area contributed by atoms with Gasteiger partial charge in [0.25, 0.3) is 0 Å². The van der Waals surface area contributed by atoms with Gasteiger partial charge in [-0.05, 0) is 19.9 Å². The molecule has 0 heterocycles. The van der Waals surface area contributed by atoms with E-state index in [-0.39, 0.29) is 24.0 Å². The monoisotopic (exact) mass is 423 g/mol. The van der Waals surface area contributed by atoms with Gasteiger partial charge in [0.1, 0.15) is 5.75 Å². The lowest BCUT2D eigenvalue weighted by atomic mass is 10.1. The summed E-state index contributed by atoms with van der Waals surface area (Å²) >= 11 is 0. The average Bonchev–Trinajstić information content (AvgIpc) is 2.49. The van der Waals surface area contributed by atoms with E-state index in [1.807, 2.05) is 12.1 Å². The first kappa shape index (κ1) is 20.6. The number of methoxy groups -OCH3 is 3. The summed E-state index contributed by atoms with van der Waals surface area (Å²) in [7, 11) is 6.58. The van der Waals surface area contributed by atoms with Crippen molar-refractivity contribution in [2.24, 2.45) is 4.99 Å². The molecule has 0 aromatic heterocycles. The topological polar surface area (TPSA) is 64.1 Å². The van der Waals surface area contributed by atoms with Crippen LogP contribution in [0.25, 0.3) is 0 Å². The molecule has 1 rings (SSSR count). The molecule has 0 aliphatic heterocycles. The van der Waals surface area contributed by atoms with Crippen molar-refractivity contribution in [2.45, 2.75) is 26.4 Å². The minimum absolute atomic E-state index is 0. The van der Waals surface area contributed by atoms with E-state index < -0.39 is 0 Å². The highest BCUT2D eigenvalue weighted by Gasteiger charge is 2.12. The highest BCUT2D eigenvalue weighted by molar-refractivity contribution is 14.0. The number of guanidine groups is 1. The van der Waals surface area contributed by atoms with Crippen LogP contribution in [0.1, 0.15) is 19.4 Å². The lowest BCUT2D eigenvalue weighted by molar-refractivity contribution is 0.347. The van der Waals surface area contributed by atoms with E-state index in [0.717, 1.165) is 17.3 Å². The van der Waals surface area contributed by atoms with Crippen molar-refractivity contribution in [1.29, 1.82) is 0 Å². The van der Waals surface area contributed by atoms with Crippen LogP contribution in [0, 0.1) is 0 Å². The lowest BCUT2D eigenvalue weighted by Gasteiger charge is -2.17. The van der Waals surface area contributed by atoms with Crippen molar-refractivity contribution in [3.05, 3.63) is 17.7 Å². The smallest absolute Gasteiger partial charge is 0.191 e. The summed E-state index contributed by atoms with van der Waals surface area (Å²) in [4.78, 5) is 4.17. The van der Waals surface area contributed by atoms with Gasteiger partial charge in [-0.25, -0.2) is 0 Å². The molecular weight excluding hydrogens is 397 g/mol. The lowest BCUT2D eigenvalue weighted by Crippen LogP contribution is -2.40. The molecule has 0 spiro atoms. The molecular formula is C15H26IN3O3. The molecule has 7 heteroatoms. The Labute approximate surface area is 149 Å². The van der Waals surface area contributed by atoms with Crippen molar-refractivity contribution in [1.82, 2.24) is 10.6 Å². The molecule has 2 N–H and O–H groups in total. The number of rotatable bonds is 6. The van der Waals surface area contributed by atoms with E-state index in [1.54, 1.807) is 28.4 Å². The van der Waals surface area contributed by atoms with Crippen molar-refractivity contribution >= 4 is 29.9 Å². The van der Waals surface area contributed by atoms with Gasteiger partial charge in [-0.1, -0.05) is 0 Å². The first-order valence-corrected chi connectivity index (χ1v) is 6.81. The van der Waals surface area contributed by atoms with Crippen LogP contribution in [-0.2, 0) is 6.54 Å². The molecule has 0 fully saturated rings. The second-order valence-corrected chi connectivity index (χ2v) is 4.74. The molecule has 0 aliphatic rings. The van der Waals surface area contributed by atoms with Crippen molar-refractivity contribution < 1.29 is 14.2 Å². The average molecular weight is 423 g/mol. The first-order chi connectivity index (χ1) is 10.0. The molecule has 1 aromatic rings. The van der Waals surface area contributed by atoms with Crippen LogP contribution in [0.5, 0.6) is 17.2 Å². The van der Waals surface area contributed by atoms with Crippen LogP contribution >= 0.6 is 24.0 Å². The summed E-state index contributed by atoms with van der Waals surface area (Å²) < 4.78 is 16.0. The van der Waals surface area contributed by atoms with Gasteiger partial charge in [0.15, 0.2) is 17.5 Å². The first-order valence-electron chi connectivity index (χ1n) is 6.81. The van der Waals surface area contributed by atoms with Crippen LogP contribution < -0.4 is 24.8 Å². The second-order valence-electron chi connectivity index (χ2n) is 4.74. The van der Waals surface area contributed by atoms with Crippen molar-refractivity contribution in [2.75, 3.05) is 28.4 Å². The summed E-state index contributed by atoms with van der Waals surface area (Å²) in [5.41, 5.74) is 0.960. The fourth-order valence-electron chi connectivity index (χ4n) is 1.88. The number of benzene rings is 1. The maximum Gasteiger partial charge on any atom is 0.191 e. The maximum atomic E-state index is 5.40. The third-order valence-corrected chi connectivity index (χ3v) is 2.88. The number of aliphatic imine (C=N–C) groups is 1. The highest BCUT2D eigenvalue weighted by atomic mass is 127. The molecule has 0 aliphatic carbocycles. The van der Waals surface area contributed by atoms with Gasteiger partial charge >= 0.3 is 0 Å². The molecule has 0 saturated heterocycles. The summed E-state index contributed by atoms with van der Waals surface area (Å²) in [5.74, 6) is 2.78. The van der Waals surface area contributed by atoms with Crippen molar-refractivity contribution in [3.63, 3.8) is 0 Å². The number of halogens is 1. The fourth-order valence-corrected chi connectivity index (χ4v) is 1.88. The zero-order chi connectivity index (χ0) is 15.8. The summed E-state index contributed by atoms with van der Waals surface area (Å²) in [5, 5.41) is 6.47. The summed E-state index contributed by atoms with van der Waals surface area (Å²) in [6.45, 7) is 4.68. The number of hydrogen-bond donors (Lipinski definition) is 2. The Hall–Kier alpha value is -1.38. The Morgan fingerprint density at radius 3 is 2.05 bits per heavy atom. The van der Waals surface area contributed by atoms with E-state index in [1.165, 1.54) is 0 Å². The Morgan fingerprint density at radius 1 is 1.05 bits per heavy atom. The van der Waals surface area contributed by atoms with Gasteiger partial charge in [0.2, 0.25) is 0 Å². The van der Waals surface area contributed by atoms with E-state index in [0.29, 0.717) is 24.1 Å². The van der Waals surface area contributed by atoms with Gasteiger partial charge in [0.05, 0.1) is 21.3 Å². The predicted molar refractivity (Wildman–Crippen MR) is 100.0 cm³/mol. The quantitative estimate of drug-likeness (QED) is 0.418. The standard InChI is InChI=1S/C15H25N3O3.HI/c1-10(2)18-15(16-3)17-9-11-7-13(20-5)14(21-6)8-12(11)19-4;/h7-8,10H,9H2,1-6H3,(H2,16,17,18);1H. The third kappa shape index (κ3) is 5.78. The number of nitrogens with zero attached hydrogens (tertiary/aromatic N) is 1. The largest absolute Gasteiger partial charge is 0.496 e. The number of nitrogens with one attached hydrogen (secondary N) is 2. The number of ether oxygens (including phenoxy) is 3. The van der Waals surface area contributed by atoms with E-state index in [9.17, 15) is 0 Å². The van der Waals surface area contributed by atoms with Gasteiger partial charge in [-0.2, -0.15) is 0 Å². The number of hydrogen-bond acceptors (Lipinski definition) is 4. The molecule has 0 amide bonds. The van der Waals surface area contributed by atoms with Crippen LogP contribution in [0.15, 0.2) is 17.1 Å². The SMILES string of the molecule is CN=C(NCc1cc(OC)c(OC)cc1OC)NC(C)C.I. The molecule has 0 saturated carbocycles. The maximum absolute atomic E-state index is 5.40.